The number of ether oxygens (including phenoxy) is 1. The summed E-state index contributed by atoms with van der Waals surface area (Å²) in [6, 6.07) is 5.18. The molecule has 1 aromatic rings. The van der Waals surface area contributed by atoms with E-state index in [1.54, 1.807) is 25.3 Å². The molecule has 18 heavy (non-hydrogen) atoms. The number of benzene rings is 1. The van der Waals surface area contributed by atoms with E-state index in [4.69, 9.17) is 16.3 Å². The molecule has 0 saturated carbocycles. The molecule has 0 radical (unpaired) electrons. The smallest absolute Gasteiger partial charge is 0.228 e. The van der Waals surface area contributed by atoms with Crippen LogP contribution >= 0.6 is 11.6 Å². The number of methoxy groups -OCH3 is 1. The van der Waals surface area contributed by atoms with Crippen LogP contribution in [0.25, 0.3) is 0 Å². The summed E-state index contributed by atoms with van der Waals surface area (Å²) >= 11 is 5.92. The van der Waals surface area contributed by atoms with Gasteiger partial charge in [-0.3, -0.25) is 4.79 Å². The highest BCUT2D eigenvalue weighted by Crippen LogP contribution is 2.28. The Morgan fingerprint density at radius 2 is 2.39 bits per heavy atom. The van der Waals surface area contributed by atoms with Gasteiger partial charge in [-0.1, -0.05) is 11.6 Å². The van der Waals surface area contributed by atoms with E-state index in [-0.39, 0.29) is 11.8 Å². The number of hydrogen-bond acceptors (Lipinski definition) is 3. The maximum absolute atomic E-state index is 12.1. The van der Waals surface area contributed by atoms with Crippen LogP contribution in [0.2, 0.25) is 5.02 Å². The van der Waals surface area contributed by atoms with E-state index in [1.165, 1.54) is 0 Å². The number of hydrogen-bond donors (Lipinski definition) is 2. The molecule has 4 nitrogen and oxygen atoms in total. The SMILES string of the molecule is COc1ccc(Cl)cc1NC(=O)[C@@H]1CCCNC1. The monoisotopic (exact) mass is 268 g/mol. The topological polar surface area (TPSA) is 50.4 Å². The van der Waals surface area contributed by atoms with Gasteiger partial charge in [0.2, 0.25) is 5.91 Å². The molecule has 0 bridgehead atoms. The van der Waals surface area contributed by atoms with Gasteiger partial charge >= 0.3 is 0 Å². The molecule has 5 heteroatoms. The quantitative estimate of drug-likeness (QED) is 0.884. The minimum atomic E-state index is 0.0161. The molecule has 1 atom stereocenters. The minimum Gasteiger partial charge on any atom is -0.495 e. The summed E-state index contributed by atoms with van der Waals surface area (Å²) in [6.07, 6.45) is 1.95. The largest absolute Gasteiger partial charge is 0.495 e. The number of halogens is 1. The van der Waals surface area contributed by atoms with Crippen molar-refractivity contribution >= 4 is 23.2 Å². The van der Waals surface area contributed by atoms with Crippen LogP contribution in [0.5, 0.6) is 5.75 Å². The van der Waals surface area contributed by atoms with Gasteiger partial charge in [0.15, 0.2) is 0 Å². The number of carbonyl (C=O) groups excluding carboxylic acids is 1. The average molecular weight is 269 g/mol. The summed E-state index contributed by atoms with van der Waals surface area (Å²) in [6.45, 7) is 1.72. The maximum Gasteiger partial charge on any atom is 0.228 e. The fourth-order valence-electron chi connectivity index (χ4n) is 2.09. The Hall–Kier alpha value is -1.26. The van der Waals surface area contributed by atoms with E-state index in [0.717, 1.165) is 25.9 Å². The summed E-state index contributed by atoms with van der Waals surface area (Å²) < 4.78 is 5.20. The van der Waals surface area contributed by atoms with Gasteiger partial charge in [0.05, 0.1) is 18.7 Å². The zero-order chi connectivity index (χ0) is 13.0. The number of anilines is 1. The van der Waals surface area contributed by atoms with Crippen LogP contribution in [0.15, 0.2) is 18.2 Å². The standard InChI is InChI=1S/C13H17ClN2O2/c1-18-12-5-4-10(14)7-11(12)16-13(17)9-3-2-6-15-8-9/h4-5,7,9,15H,2-3,6,8H2,1H3,(H,16,17)/t9-/m1/s1. The lowest BCUT2D eigenvalue weighted by atomic mass is 9.99. The lowest BCUT2D eigenvalue weighted by Gasteiger charge is -2.22. The van der Waals surface area contributed by atoms with Crippen LogP contribution in [0.4, 0.5) is 5.69 Å². The van der Waals surface area contributed by atoms with E-state index in [2.05, 4.69) is 10.6 Å². The van der Waals surface area contributed by atoms with Crippen molar-refractivity contribution in [1.82, 2.24) is 5.32 Å². The van der Waals surface area contributed by atoms with Crippen molar-refractivity contribution in [1.29, 1.82) is 0 Å². The van der Waals surface area contributed by atoms with Gasteiger partial charge in [-0.15, -0.1) is 0 Å². The Morgan fingerprint density at radius 1 is 1.56 bits per heavy atom. The van der Waals surface area contributed by atoms with Crippen LogP contribution in [-0.2, 0) is 4.79 Å². The first kappa shape index (κ1) is 13.2. The Kier molecular flexibility index (Phi) is 4.44. The maximum atomic E-state index is 12.1. The second kappa shape index (κ2) is 6.07. The van der Waals surface area contributed by atoms with Crippen LogP contribution in [0.3, 0.4) is 0 Å². The zero-order valence-corrected chi connectivity index (χ0v) is 11.1. The molecular formula is C13H17ClN2O2. The second-order valence-corrected chi connectivity index (χ2v) is 4.81. The predicted molar refractivity (Wildman–Crippen MR) is 72.2 cm³/mol. The molecule has 1 aliphatic rings. The Bertz CT molecular complexity index is 431. The number of amides is 1. The number of piperidine rings is 1. The van der Waals surface area contributed by atoms with Crippen molar-refractivity contribution in [2.45, 2.75) is 12.8 Å². The van der Waals surface area contributed by atoms with E-state index < -0.39 is 0 Å². The van der Waals surface area contributed by atoms with E-state index in [9.17, 15) is 4.79 Å². The molecule has 1 saturated heterocycles. The summed E-state index contributed by atoms with van der Waals surface area (Å²) in [5.74, 6) is 0.654. The van der Waals surface area contributed by atoms with Crippen molar-refractivity contribution in [3.63, 3.8) is 0 Å². The van der Waals surface area contributed by atoms with Crippen LogP contribution < -0.4 is 15.4 Å². The molecule has 1 heterocycles. The second-order valence-electron chi connectivity index (χ2n) is 4.38. The molecule has 1 fully saturated rings. The zero-order valence-electron chi connectivity index (χ0n) is 10.3. The minimum absolute atomic E-state index is 0.0161. The van der Waals surface area contributed by atoms with Gasteiger partial charge in [0.1, 0.15) is 5.75 Å². The van der Waals surface area contributed by atoms with E-state index >= 15 is 0 Å². The highest BCUT2D eigenvalue weighted by Gasteiger charge is 2.21. The van der Waals surface area contributed by atoms with E-state index in [1.807, 2.05) is 0 Å². The Labute approximate surface area is 112 Å². The molecule has 0 aromatic heterocycles. The summed E-state index contributed by atoms with van der Waals surface area (Å²) in [5, 5.41) is 6.68. The van der Waals surface area contributed by atoms with Crippen molar-refractivity contribution in [3.05, 3.63) is 23.2 Å². The summed E-state index contributed by atoms with van der Waals surface area (Å²) in [4.78, 5) is 12.1. The van der Waals surface area contributed by atoms with Crippen molar-refractivity contribution < 1.29 is 9.53 Å². The molecule has 2 N–H and O–H groups in total. The predicted octanol–water partition coefficient (Wildman–Crippen LogP) is 2.29. The van der Waals surface area contributed by atoms with Gasteiger partial charge in [-0.2, -0.15) is 0 Å². The Balaban J connectivity index is 2.07. The Morgan fingerprint density at radius 3 is 3.06 bits per heavy atom. The molecule has 1 aromatic carbocycles. The summed E-state index contributed by atoms with van der Waals surface area (Å²) in [7, 11) is 1.57. The fourth-order valence-corrected chi connectivity index (χ4v) is 2.26. The highest BCUT2D eigenvalue weighted by atomic mass is 35.5. The molecule has 0 unspecified atom stereocenters. The lowest BCUT2D eigenvalue weighted by molar-refractivity contribution is -0.120. The van der Waals surface area contributed by atoms with Crippen LogP contribution in [0.1, 0.15) is 12.8 Å². The lowest BCUT2D eigenvalue weighted by Crippen LogP contribution is -2.37. The molecule has 98 valence electrons. The van der Waals surface area contributed by atoms with Gasteiger partial charge < -0.3 is 15.4 Å². The van der Waals surface area contributed by atoms with Crippen LogP contribution in [-0.4, -0.2) is 26.1 Å². The molecule has 0 aliphatic carbocycles. The van der Waals surface area contributed by atoms with Gasteiger partial charge in [-0.05, 0) is 37.6 Å². The first-order valence-electron chi connectivity index (χ1n) is 6.06. The third-order valence-electron chi connectivity index (χ3n) is 3.09. The summed E-state index contributed by atoms with van der Waals surface area (Å²) in [5.41, 5.74) is 0.626. The molecule has 1 aliphatic heterocycles. The third-order valence-corrected chi connectivity index (χ3v) is 3.32. The number of nitrogens with one attached hydrogen (secondary N) is 2. The van der Waals surface area contributed by atoms with Gasteiger partial charge in [-0.25, -0.2) is 0 Å². The van der Waals surface area contributed by atoms with Crippen molar-refractivity contribution in [3.8, 4) is 5.75 Å². The molecule has 0 spiro atoms. The molecular weight excluding hydrogens is 252 g/mol. The van der Waals surface area contributed by atoms with Gasteiger partial charge in [0, 0.05) is 11.6 Å². The average Bonchev–Trinajstić information content (AvgIpc) is 2.40. The molecule has 1 amide bonds. The van der Waals surface area contributed by atoms with Crippen molar-refractivity contribution in [2.24, 2.45) is 5.92 Å². The number of carbonyl (C=O) groups is 1. The van der Waals surface area contributed by atoms with Gasteiger partial charge in [0.25, 0.3) is 0 Å². The van der Waals surface area contributed by atoms with E-state index in [0.29, 0.717) is 16.5 Å². The normalized spacial score (nSPS) is 19.3. The first-order valence-corrected chi connectivity index (χ1v) is 6.43. The first-order chi connectivity index (χ1) is 8.70. The van der Waals surface area contributed by atoms with Crippen LogP contribution in [0, 0.1) is 5.92 Å². The van der Waals surface area contributed by atoms with Crippen molar-refractivity contribution in [2.75, 3.05) is 25.5 Å². The molecule has 2 rings (SSSR count). The highest BCUT2D eigenvalue weighted by molar-refractivity contribution is 6.31. The number of rotatable bonds is 3. The fraction of sp³-hybridized carbons (Fsp3) is 0.462. The third kappa shape index (κ3) is 3.15.